The molecule has 7 heteroatoms. The van der Waals surface area contributed by atoms with Crippen molar-refractivity contribution in [2.75, 3.05) is 11.5 Å². The highest BCUT2D eigenvalue weighted by Gasteiger charge is 2.30. The standard InChI is InChI=1S/C13H16N4OS2/c1-7-8(2)20-11(6-19-7)12-16-13(18-17-12)9-3-4-15-5-10(9)14/h3-5,7-8,11H,6,14H2,1-2H3. The number of aromatic nitrogens is 3. The second kappa shape index (κ2) is 5.65. The fourth-order valence-electron chi connectivity index (χ4n) is 2.00. The quantitative estimate of drug-likeness (QED) is 0.913. The predicted molar refractivity (Wildman–Crippen MR) is 83.7 cm³/mol. The van der Waals surface area contributed by atoms with Crippen LogP contribution in [0, 0.1) is 0 Å². The van der Waals surface area contributed by atoms with Crippen LogP contribution in [0.15, 0.2) is 23.0 Å². The fraction of sp³-hybridized carbons (Fsp3) is 0.462. The lowest BCUT2D eigenvalue weighted by Gasteiger charge is -2.29. The van der Waals surface area contributed by atoms with Crippen LogP contribution in [0.25, 0.3) is 11.5 Å². The van der Waals surface area contributed by atoms with Crippen molar-refractivity contribution in [2.45, 2.75) is 29.6 Å². The molecule has 3 atom stereocenters. The third-order valence-electron chi connectivity index (χ3n) is 3.36. The summed E-state index contributed by atoms with van der Waals surface area (Å²) in [5.74, 6) is 2.24. The molecular weight excluding hydrogens is 292 g/mol. The summed E-state index contributed by atoms with van der Waals surface area (Å²) < 4.78 is 5.36. The normalized spacial score (nSPS) is 26.6. The summed E-state index contributed by atoms with van der Waals surface area (Å²) in [5, 5.41) is 5.66. The number of hydrogen-bond acceptors (Lipinski definition) is 7. The van der Waals surface area contributed by atoms with E-state index in [0.29, 0.717) is 22.1 Å². The van der Waals surface area contributed by atoms with Crippen molar-refractivity contribution in [2.24, 2.45) is 0 Å². The zero-order valence-electron chi connectivity index (χ0n) is 11.3. The summed E-state index contributed by atoms with van der Waals surface area (Å²) in [5.41, 5.74) is 7.18. The molecule has 3 rings (SSSR count). The van der Waals surface area contributed by atoms with Gasteiger partial charge >= 0.3 is 0 Å². The molecule has 0 saturated carbocycles. The van der Waals surface area contributed by atoms with Crippen molar-refractivity contribution in [3.63, 3.8) is 0 Å². The molecule has 106 valence electrons. The number of nitrogen functional groups attached to an aromatic ring is 1. The molecule has 0 radical (unpaired) electrons. The van der Waals surface area contributed by atoms with Gasteiger partial charge in [-0.25, -0.2) is 0 Å². The molecule has 0 spiro atoms. The Morgan fingerprint density at radius 3 is 2.95 bits per heavy atom. The summed E-state index contributed by atoms with van der Waals surface area (Å²) in [6, 6.07) is 1.79. The number of thioether (sulfide) groups is 2. The van der Waals surface area contributed by atoms with E-state index in [1.54, 1.807) is 18.5 Å². The van der Waals surface area contributed by atoms with E-state index in [9.17, 15) is 0 Å². The van der Waals surface area contributed by atoms with Gasteiger partial charge in [-0.3, -0.25) is 4.98 Å². The number of anilines is 1. The summed E-state index contributed by atoms with van der Waals surface area (Å²) in [6.45, 7) is 4.51. The first-order chi connectivity index (χ1) is 9.65. The first-order valence-electron chi connectivity index (χ1n) is 6.45. The molecule has 3 heterocycles. The Morgan fingerprint density at radius 2 is 2.20 bits per heavy atom. The summed E-state index contributed by atoms with van der Waals surface area (Å²) in [6.07, 6.45) is 3.26. The molecule has 1 aliphatic rings. The minimum Gasteiger partial charge on any atom is -0.397 e. The maximum atomic E-state index is 5.88. The van der Waals surface area contributed by atoms with Crippen LogP contribution in [0.3, 0.4) is 0 Å². The lowest BCUT2D eigenvalue weighted by molar-refractivity contribution is 0.423. The van der Waals surface area contributed by atoms with Crippen LogP contribution in [0.5, 0.6) is 0 Å². The summed E-state index contributed by atoms with van der Waals surface area (Å²) in [7, 11) is 0. The second-order valence-corrected chi connectivity index (χ2v) is 7.78. The number of rotatable bonds is 2. The molecule has 0 aliphatic carbocycles. The van der Waals surface area contributed by atoms with E-state index in [2.05, 4.69) is 29.0 Å². The van der Waals surface area contributed by atoms with Gasteiger partial charge in [-0.1, -0.05) is 19.0 Å². The third kappa shape index (κ3) is 2.64. The maximum absolute atomic E-state index is 5.88. The first-order valence-corrected chi connectivity index (χ1v) is 8.45. The molecular formula is C13H16N4OS2. The van der Waals surface area contributed by atoms with Gasteiger partial charge in [0.05, 0.1) is 22.7 Å². The number of pyridine rings is 1. The zero-order chi connectivity index (χ0) is 14.1. The highest BCUT2D eigenvalue weighted by molar-refractivity contribution is 8.07. The van der Waals surface area contributed by atoms with Gasteiger partial charge in [0.15, 0.2) is 5.82 Å². The van der Waals surface area contributed by atoms with Crippen LogP contribution >= 0.6 is 23.5 Å². The van der Waals surface area contributed by atoms with E-state index in [4.69, 9.17) is 10.3 Å². The number of hydrogen-bond donors (Lipinski definition) is 1. The van der Waals surface area contributed by atoms with Crippen LogP contribution in [0.4, 0.5) is 5.69 Å². The molecule has 20 heavy (non-hydrogen) atoms. The molecule has 3 unspecified atom stereocenters. The summed E-state index contributed by atoms with van der Waals surface area (Å²) >= 11 is 3.87. The van der Waals surface area contributed by atoms with E-state index < -0.39 is 0 Å². The Bertz CT molecular complexity index is 604. The van der Waals surface area contributed by atoms with Crippen LogP contribution in [-0.4, -0.2) is 31.4 Å². The lowest BCUT2D eigenvalue weighted by atomic mass is 10.2. The molecule has 2 aromatic heterocycles. The van der Waals surface area contributed by atoms with E-state index >= 15 is 0 Å². The van der Waals surface area contributed by atoms with Crippen LogP contribution in [0.1, 0.15) is 24.9 Å². The van der Waals surface area contributed by atoms with Crippen LogP contribution < -0.4 is 5.73 Å². The molecule has 1 saturated heterocycles. The topological polar surface area (TPSA) is 77.8 Å². The van der Waals surface area contributed by atoms with Crippen molar-refractivity contribution in [3.05, 3.63) is 24.3 Å². The van der Waals surface area contributed by atoms with E-state index in [1.165, 1.54) is 0 Å². The molecule has 0 bridgehead atoms. The number of nitrogens with zero attached hydrogens (tertiary/aromatic N) is 3. The zero-order valence-corrected chi connectivity index (χ0v) is 12.9. The monoisotopic (exact) mass is 308 g/mol. The molecule has 0 amide bonds. The van der Waals surface area contributed by atoms with Gasteiger partial charge in [-0.05, 0) is 6.07 Å². The van der Waals surface area contributed by atoms with Crippen molar-refractivity contribution < 1.29 is 4.52 Å². The molecule has 1 fully saturated rings. The van der Waals surface area contributed by atoms with Gasteiger partial charge in [0.25, 0.3) is 5.89 Å². The Kier molecular flexibility index (Phi) is 3.89. The van der Waals surface area contributed by atoms with Gasteiger partial charge in [0, 0.05) is 22.4 Å². The van der Waals surface area contributed by atoms with Gasteiger partial charge in [-0.15, -0.1) is 11.8 Å². The van der Waals surface area contributed by atoms with Crippen molar-refractivity contribution in [1.82, 2.24) is 15.1 Å². The SMILES string of the molecule is CC1SCC(c2noc(-c3ccncc3N)n2)SC1C. The minimum absolute atomic E-state index is 0.284. The van der Waals surface area contributed by atoms with Gasteiger partial charge in [0.1, 0.15) is 0 Å². The molecule has 5 nitrogen and oxygen atoms in total. The first kappa shape index (κ1) is 13.8. The number of nitrogens with two attached hydrogens (primary N) is 1. The third-order valence-corrected chi connectivity index (χ3v) is 6.75. The van der Waals surface area contributed by atoms with Crippen LogP contribution in [0.2, 0.25) is 0 Å². The fourth-order valence-corrected chi connectivity index (χ4v) is 4.83. The molecule has 2 aromatic rings. The average Bonchev–Trinajstić information content (AvgIpc) is 2.92. The Hall–Kier alpha value is -1.21. The van der Waals surface area contributed by atoms with E-state index in [1.807, 2.05) is 23.5 Å². The minimum atomic E-state index is 0.284. The summed E-state index contributed by atoms with van der Waals surface area (Å²) in [4.78, 5) is 8.47. The molecule has 2 N–H and O–H groups in total. The smallest absolute Gasteiger partial charge is 0.260 e. The van der Waals surface area contributed by atoms with Gasteiger partial charge in [0.2, 0.25) is 0 Å². The van der Waals surface area contributed by atoms with Gasteiger partial charge < -0.3 is 10.3 Å². The second-order valence-electron chi connectivity index (χ2n) is 4.79. The maximum Gasteiger partial charge on any atom is 0.260 e. The van der Waals surface area contributed by atoms with Gasteiger partial charge in [-0.2, -0.15) is 16.7 Å². The Balaban J connectivity index is 1.82. The molecule has 1 aliphatic heterocycles. The van der Waals surface area contributed by atoms with E-state index in [0.717, 1.165) is 17.1 Å². The van der Waals surface area contributed by atoms with Crippen LogP contribution in [-0.2, 0) is 0 Å². The highest BCUT2D eigenvalue weighted by atomic mass is 32.2. The van der Waals surface area contributed by atoms with Crippen molar-refractivity contribution in [1.29, 1.82) is 0 Å². The Morgan fingerprint density at radius 1 is 1.35 bits per heavy atom. The van der Waals surface area contributed by atoms with Crippen molar-refractivity contribution >= 4 is 29.2 Å². The van der Waals surface area contributed by atoms with Crippen molar-refractivity contribution in [3.8, 4) is 11.5 Å². The Labute approximate surface area is 126 Å². The molecule has 0 aromatic carbocycles. The lowest BCUT2D eigenvalue weighted by Crippen LogP contribution is -2.22. The largest absolute Gasteiger partial charge is 0.397 e. The van der Waals surface area contributed by atoms with E-state index in [-0.39, 0.29) is 5.25 Å². The predicted octanol–water partition coefficient (Wildman–Crippen LogP) is 3.01. The highest BCUT2D eigenvalue weighted by Crippen LogP contribution is 2.43. The average molecular weight is 308 g/mol.